The summed E-state index contributed by atoms with van der Waals surface area (Å²) in [5, 5.41) is 0. The lowest BCUT2D eigenvalue weighted by Crippen LogP contribution is -2.02. The lowest BCUT2D eigenvalue weighted by molar-refractivity contribution is 0.484. The van der Waals surface area contributed by atoms with Crippen LogP contribution in [0.2, 0.25) is 0 Å². The van der Waals surface area contributed by atoms with E-state index < -0.39 is 11.6 Å². The fourth-order valence-electron chi connectivity index (χ4n) is 1.45. The zero-order valence-electron chi connectivity index (χ0n) is 8.26. The van der Waals surface area contributed by atoms with E-state index in [-0.39, 0.29) is 0 Å². The van der Waals surface area contributed by atoms with Gasteiger partial charge < -0.3 is 0 Å². The maximum absolute atomic E-state index is 13.2. The van der Waals surface area contributed by atoms with E-state index in [1.165, 1.54) is 6.07 Å². The Balaban J connectivity index is 2.76. The molecule has 0 bridgehead atoms. The molecule has 0 radical (unpaired) electrons. The van der Waals surface area contributed by atoms with Gasteiger partial charge in [-0.2, -0.15) is 0 Å². The Hall–Kier alpha value is -1.18. The van der Waals surface area contributed by atoms with Crippen molar-refractivity contribution in [1.82, 2.24) is 0 Å². The van der Waals surface area contributed by atoms with Crippen LogP contribution < -0.4 is 0 Å². The monoisotopic (exact) mass is 196 g/mol. The predicted molar refractivity (Wildman–Crippen MR) is 54.0 cm³/mol. The molecule has 0 heterocycles. The van der Waals surface area contributed by atoms with Crippen molar-refractivity contribution in [3.63, 3.8) is 0 Å². The third kappa shape index (κ3) is 2.66. The highest BCUT2D eigenvalue weighted by Gasteiger charge is 2.09. The van der Waals surface area contributed by atoms with Gasteiger partial charge in [-0.25, -0.2) is 8.78 Å². The quantitative estimate of drug-likeness (QED) is 0.644. The van der Waals surface area contributed by atoms with E-state index in [0.29, 0.717) is 17.9 Å². The summed E-state index contributed by atoms with van der Waals surface area (Å²) in [6.45, 7) is 5.61. The number of benzene rings is 1. The zero-order valence-corrected chi connectivity index (χ0v) is 8.26. The molecule has 1 aromatic rings. The first kappa shape index (κ1) is 10.9. The number of rotatable bonds is 4. The summed E-state index contributed by atoms with van der Waals surface area (Å²) in [4.78, 5) is 0. The van der Waals surface area contributed by atoms with E-state index in [2.05, 4.69) is 6.58 Å². The molecule has 0 aliphatic carbocycles. The molecular formula is C12H14F2. The van der Waals surface area contributed by atoms with Crippen molar-refractivity contribution in [2.24, 2.45) is 5.92 Å². The predicted octanol–water partition coefficient (Wildman–Crippen LogP) is 3.72. The Morgan fingerprint density at radius 3 is 2.79 bits per heavy atom. The number of hydrogen-bond acceptors (Lipinski definition) is 0. The Bertz CT molecular complexity index is 318. The Kier molecular flexibility index (Phi) is 3.81. The largest absolute Gasteiger partial charge is 0.204 e. The van der Waals surface area contributed by atoms with Crippen LogP contribution in [-0.2, 0) is 6.42 Å². The molecule has 1 atom stereocenters. The highest BCUT2D eigenvalue weighted by Crippen LogP contribution is 2.17. The summed E-state index contributed by atoms with van der Waals surface area (Å²) in [5.41, 5.74) is 0.444. The smallest absolute Gasteiger partial charge is 0.162 e. The minimum absolute atomic E-state index is 0.295. The van der Waals surface area contributed by atoms with Gasteiger partial charge in [0, 0.05) is 0 Å². The minimum Gasteiger partial charge on any atom is -0.204 e. The SMILES string of the molecule is C=CCC(C)Cc1cccc(F)c1F. The fourth-order valence-corrected chi connectivity index (χ4v) is 1.45. The molecule has 1 aromatic carbocycles. The van der Waals surface area contributed by atoms with Crippen LogP contribution >= 0.6 is 0 Å². The summed E-state index contributed by atoms with van der Waals surface area (Å²) in [5.74, 6) is -1.19. The molecule has 0 aliphatic rings. The van der Waals surface area contributed by atoms with E-state index in [9.17, 15) is 8.78 Å². The summed E-state index contributed by atoms with van der Waals surface area (Å²) in [6, 6.07) is 4.30. The first-order valence-corrected chi connectivity index (χ1v) is 4.69. The van der Waals surface area contributed by atoms with Crippen molar-refractivity contribution in [2.75, 3.05) is 0 Å². The van der Waals surface area contributed by atoms with Gasteiger partial charge in [-0.05, 0) is 30.4 Å². The molecule has 0 nitrogen and oxygen atoms in total. The highest BCUT2D eigenvalue weighted by molar-refractivity contribution is 5.19. The lowest BCUT2D eigenvalue weighted by Gasteiger charge is -2.09. The van der Waals surface area contributed by atoms with Gasteiger partial charge in [-0.1, -0.05) is 25.1 Å². The second-order valence-corrected chi connectivity index (χ2v) is 3.55. The molecule has 0 amide bonds. The molecular weight excluding hydrogens is 182 g/mol. The third-order valence-corrected chi connectivity index (χ3v) is 2.17. The molecule has 1 rings (SSSR count). The van der Waals surface area contributed by atoms with E-state index in [1.807, 2.05) is 6.92 Å². The van der Waals surface area contributed by atoms with Crippen molar-refractivity contribution in [2.45, 2.75) is 19.8 Å². The molecule has 0 saturated carbocycles. The summed E-state index contributed by atoms with van der Waals surface area (Å²) in [7, 11) is 0. The normalized spacial score (nSPS) is 12.5. The van der Waals surface area contributed by atoms with Crippen molar-refractivity contribution in [3.8, 4) is 0 Å². The Morgan fingerprint density at radius 1 is 1.43 bits per heavy atom. The van der Waals surface area contributed by atoms with Crippen molar-refractivity contribution >= 4 is 0 Å². The first-order chi connectivity index (χ1) is 6.65. The van der Waals surface area contributed by atoms with Gasteiger partial charge in [0.15, 0.2) is 11.6 Å². The van der Waals surface area contributed by atoms with E-state index in [0.717, 1.165) is 12.5 Å². The molecule has 0 aliphatic heterocycles. The van der Waals surface area contributed by atoms with Crippen molar-refractivity contribution in [1.29, 1.82) is 0 Å². The first-order valence-electron chi connectivity index (χ1n) is 4.69. The van der Waals surface area contributed by atoms with Gasteiger partial charge in [0.2, 0.25) is 0 Å². The molecule has 1 unspecified atom stereocenters. The standard InChI is InChI=1S/C12H14F2/c1-3-5-9(2)8-10-6-4-7-11(13)12(10)14/h3-4,6-7,9H,1,5,8H2,2H3. The van der Waals surface area contributed by atoms with Gasteiger partial charge >= 0.3 is 0 Å². The van der Waals surface area contributed by atoms with Gasteiger partial charge in [0.25, 0.3) is 0 Å². The minimum atomic E-state index is -0.770. The van der Waals surface area contributed by atoms with Crippen molar-refractivity contribution in [3.05, 3.63) is 48.1 Å². The second-order valence-electron chi connectivity index (χ2n) is 3.55. The average molecular weight is 196 g/mol. The van der Waals surface area contributed by atoms with Crippen LogP contribution in [0.4, 0.5) is 8.78 Å². The Labute approximate surface area is 83.3 Å². The fraction of sp³-hybridized carbons (Fsp3) is 0.333. The van der Waals surface area contributed by atoms with E-state index in [1.54, 1.807) is 12.1 Å². The van der Waals surface area contributed by atoms with Gasteiger partial charge in [-0.15, -0.1) is 6.58 Å². The molecule has 14 heavy (non-hydrogen) atoms. The maximum Gasteiger partial charge on any atom is 0.162 e. The van der Waals surface area contributed by atoms with Crippen molar-refractivity contribution < 1.29 is 8.78 Å². The van der Waals surface area contributed by atoms with Gasteiger partial charge in [0.1, 0.15) is 0 Å². The zero-order chi connectivity index (χ0) is 10.6. The second kappa shape index (κ2) is 4.89. The molecule has 2 heteroatoms. The summed E-state index contributed by atoms with van der Waals surface area (Å²) in [6.07, 6.45) is 3.16. The highest BCUT2D eigenvalue weighted by atomic mass is 19.2. The van der Waals surface area contributed by atoms with Crippen LogP contribution in [0.1, 0.15) is 18.9 Å². The Morgan fingerprint density at radius 2 is 2.14 bits per heavy atom. The summed E-state index contributed by atoms with van der Waals surface area (Å²) < 4.78 is 26.0. The maximum atomic E-state index is 13.2. The molecule has 0 N–H and O–H groups in total. The van der Waals surface area contributed by atoms with E-state index >= 15 is 0 Å². The molecule has 0 saturated heterocycles. The molecule has 0 spiro atoms. The van der Waals surface area contributed by atoms with Gasteiger partial charge in [0.05, 0.1) is 0 Å². The van der Waals surface area contributed by atoms with Gasteiger partial charge in [-0.3, -0.25) is 0 Å². The number of hydrogen-bond donors (Lipinski definition) is 0. The van der Waals surface area contributed by atoms with Crippen LogP contribution in [-0.4, -0.2) is 0 Å². The number of allylic oxidation sites excluding steroid dienone is 1. The van der Waals surface area contributed by atoms with E-state index in [4.69, 9.17) is 0 Å². The van der Waals surface area contributed by atoms with Crippen LogP contribution in [0.5, 0.6) is 0 Å². The summed E-state index contributed by atoms with van der Waals surface area (Å²) >= 11 is 0. The molecule has 0 fully saturated rings. The van der Waals surface area contributed by atoms with Crippen LogP contribution in [0, 0.1) is 17.6 Å². The van der Waals surface area contributed by atoms with Crippen LogP contribution in [0.3, 0.4) is 0 Å². The lowest BCUT2D eigenvalue weighted by atomic mass is 9.98. The van der Waals surface area contributed by atoms with Crippen LogP contribution in [0.25, 0.3) is 0 Å². The van der Waals surface area contributed by atoms with Crippen LogP contribution in [0.15, 0.2) is 30.9 Å². The number of halogens is 2. The molecule has 0 aromatic heterocycles. The topological polar surface area (TPSA) is 0 Å². The third-order valence-electron chi connectivity index (χ3n) is 2.17. The average Bonchev–Trinajstić information content (AvgIpc) is 2.13. The molecule has 76 valence electrons.